The lowest BCUT2D eigenvalue weighted by Crippen LogP contribution is -2.26. The molecule has 0 radical (unpaired) electrons. The molecule has 35 heavy (non-hydrogen) atoms. The third-order valence-corrected chi connectivity index (χ3v) is 5.85. The van der Waals surface area contributed by atoms with Crippen molar-refractivity contribution in [2.75, 3.05) is 13.2 Å². The van der Waals surface area contributed by atoms with Gasteiger partial charge in [-0.15, -0.1) is 0 Å². The lowest BCUT2D eigenvalue weighted by Gasteiger charge is -2.15. The predicted molar refractivity (Wildman–Crippen MR) is 132 cm³/mol. The van der Waals surface area contributed by atoms with Gasteiger partial charge in [0.2, 0.25) is 6.29 Å². The van der Waals surface area contributed by atoms with Gasteiger partial charge in [-0.05, 0) is 49.2 Å². The Hall–Kier alpha value is -3.71. The first-order valence-corrected chi connectivity index (χ1v) is 11.8. The molecule has 0 amide bonds. The standard InChI is InChI=1S/C28H31NO6/c1-3-32-25(28(30)31)17-22-10-12-23(13-11-22)33-16-15-29-20(2)9-14-24(29)26-19-34-27(35-26)18-21-7-5-4-6-8-21/h4-14,19,25,27H,3,15-18H2,1-2H3,(H,30,31). The summed E-state index contributed by atoms with van der Waals surface area (Å²) in [6.07, 6.45) is 1.50. The predicted octanol–water partition coefficient (Wildman–Crippen LogP) is 4.82. The topological polar surface area (TPSA) is 79.2 Å². The van der Waals surface area contributed by atoms with Gasteiger partial charge < -0.3 is 28.6 Å². The summed E-state index contributed by atoms with van der Waals surface area (Å²) in [5.41, 5.74) is 4.10. The SMILES string of the molecule is CCOC(Cc1ccc(OCCn2c(C)ccc2C2=COC(Cc3ccccc3)O2)cc1)C(=O)O. The molecule has 0 aliphatic carbocycles. The normalized spacial score (nSPS) is 15.7. The molecule has 0 spiro atoms. The van der Waals surface area contributed by atoms with Gasteiger partial charge in [0.15, 0.2) is 11.9 Å². The molecule has 2 heterocycles. The second-order valence-electron chi connectivity index (χ2n) is 8.35. The van der Waals surface area contributed by atoms with E-state index in [2.05, 4.69) is 22.8 Å². The van der Waals surface area contributed by atoms with Crippen molar-refractivity contribution in [1.82, 2.24) is 4.57 Å². The molecule has 0 bridgehead atoms. The number of hydrogen-bond donors (Lipinski definition) is 1. The average Bonchev–Trinajstić information content (AvgIpc) is 3.47. The number of hydrogen-bond acceptors (Lipinski definition) is 5. The Labute approximate surface area is 205 Å². The summed E-state index contributed by atoms with van der Waals surface area (Å²) in [5.74, 6) is 0.486. The maximum Gasteiger partial charge on any atom is 0.333 e. The molecule has 0 saturated carbocycles. The molecule has 3 aromatic rings. The van der Waals surface area contributed by atoms with E-state index in [0.717, 1.165) is 28.3 Å². The van der Waals surface area contributed by atoms with Crippen molar-refractivity contribution >= 4 is 11.7 Å². The van der Waals surface area contributed by atoms with Crippen LogP contribution in [0, 0.1) is 6.92 Å². The highest BCUT2D eigenvalue weighted by atomic mass is 16.7. The van der Waals surface area contributed by atoms with Crippen LogP contribution in [0.15, 0.2) is 73.0 Å². The number of benzene rings is 2. The number of carboxylic acids is 1. The van der Waals surface area contributed by atoms with E-state index in [1.54, 1.807) is 13.2 Å². The maximum absolute atomic E-state index is 11.3. The van der Waals surface area contributed by atoms with Crippen molar-refractivity contribution in [2.45, 2.75) is 45.6 Å². The Bertz CT molecular complexity index is 1140. The first-order chi connectivity index (χ1) is 17.0. The van der Waals surface area contributed by atoms with Crippen molar-refractivity contribution in [1.29, 1.82) is 0 Å². The number of carboxylic acid groups (broad SMARTS) is 1. The molecule has 7 heteroatoms. The van der Waals surface area contributed by atoms with E-state index in [0.29, 0.717) is 38.4 Å². The minimum atomic E-state index is -0.955. The summed E-state index contributed by atoms with van der Waals surface area (Å²) >= 11 is 0. The fourth-order valence-corrected chi connectivity index (χ4v) is 4.04. The van der Waals surface area contributed by atoms with Crippen LogP contribution in [0.25, 0.3) is 5.76 Å². The van der Waals surface area contributed by atoms with Gasteiger partial charge in [0.25, 0.3) is 0 Å². The molecule has 0 saturated heterocycles. The van der Waals surface area contributed by atoms with Gasteiger partial charge in [-0.2, -0.15) is 0 Å². The van der Waals surface area contributed by atoms with Crippen LogP contribution in [-0.4, -0.2) is 41.3 Å². The molecule has 1 N–H and O–H groups in total. The van der Waals surface area contributed by atoms with E-state index >= 15 is 0 Å². The molecule has 184 valence electrons. The molecule has 2 unspecified atom stereocenters. The minimum Gasteiger partial charge on any atom is -0.492 e. The maximum atomic E-state index is 11.3. The van der Waals surface area contributed by atoms with Crippen LogP contribution < -0.4 is 4.74 Å². The zero-order chi connectivity index (χ0) is 24.6. The number of aliphatic carboxylic acids is 1. The fourth-order valence-electron chi connectivity index (χ4n) is 4.04. The Morgan fingerprint density at radius 3 is 2.54 bits per heavy atom. The molecule has 1 aromatic heterocycles. The summed E-state index contributed by atoms with van der Waals surface area (Å²) in [4.78, 5) is 11.3. The van der Waals surface area contributed by atoms with E-state index in [1.807, 2.05) is 55.5 Å². The number of aryl methyl sites for hydroxylation is 1. The summed E-state index contributed by atoms with van der Waals surface area (Å²) in [5, 5.41) is 9.26. The smallest absolute Gasteiger partial charge is 0.333 e. The lowest BCUT2D eigenvalue weighted by molar-refractivity contribution is -0.149. The van der Waals surface area contributed by atoms with Gasteiger partial charge in [0, 0.05) is 25.1 Å². The second-order valence-corrected chi connectivity index (χ2v) is 8.35. The Morgan fingerprint density at radius 2 is 1.83 bits per heavy atom. The van der Waals surface area contributed by atoms with Gasteiger partial charge >= 0.3 is 5.97 Å². The van der Waals surface area contributed by atoms with E-state index in [-0.39, 0.29) is 6.29 Å². The molecule has 2 aromatic carbocycles. The summed E-state index contributed by atoms with van der Waals surface area (Å²) in [6.45, 7) is 5.32. The van der Waals surface area contributed by atoms with Crippen LogP contribution in [0.1, 0.15) is 29.4 Å². The van der Waals surface area contributed by atoms with Crippen LogP contribution >= 0.6 is 0 Å². The van der Waals surface area contributed by atoms with Gasteiger partial charge in [-0.25, -0.2) is 4.79 Å². The Balaban J connectivity index is 1.30. The number of rotatable bonds is 12. The zero-order valence-electron chi connectivity index (χ0n) is 20.1. The number of carbonyl (C=O) groups is 1. The molecule has 4 rings (SSSR count). The summed E-state index contributed by atoms with van der Waals surface area (Å²) in [6, 6.07) is 21.7. The van der Waals surface area contributed by atoms with Crippen LogP contribution in [0.5, 0.6) is 5.75 Å². The van der Waals surface area contributed by atoms with Crippen LogP contribution in [-0.2, 0) is 38.4 Å². The Morgan fingerprint density at radius 1 is 1.06 bits per heavy atom. The molecule has 1 aliphatic heterocycles. The molecule has 0 fully saturated rings. The van der Waals surface area contributed by atoms with E-state index in [9.17, 15) is 9.90 Å². The molecule has 1 aliphatic rings. The molecule has 2 atom stereocenters. The van der Waals surface area contributed by atoms with E-state index < -0.39 is 12.1 Å². The fraction of sp³-hybridized carbons (Fsp3) is 0.321. The van der Waals surface area contributed by atoms with Gasteiger partial charge in [-0.1, -0.05) is 42.5 Å². The number of nitrogens with zero attached hydrogens (tertiary/aromatic N) is 1. The largest absolute Gasteiger partial charge is 0.492 e. The van der Waals surface area contributed by atoms with E-state index in [4.69, 9.17) is 18.9 Å². The lowest BCUT2D eigenvalue weighted by atomic mass is 10.1. The zero-order valence-corrected chi connectivity index (χ0v) is 20.1. The second kappa shape index (κ2) is 11.6. The van der Waals surface area contributed by atoms with Crippen LogP contribution in [0.4, 0.5) is 0 Å². The van der Waals surface area contributed by atoms with Gasteiger partial charge in [0.05, 0.1) is 12.2 Å². The van der Waals surface area contributed by atoms with Crippen LogP contribution in [0.2, 0.25) is 0 Å². The monoisotopic (exact) mass is 477 g/mol. The third-order valence-electron chi connectivity index (χ3n) is 5.85. The van der Waals surface area contributed by atoms with Crippen LogP contribution in [0.3, 0.4) is 0 Å². The Kier molecular flexibility index (Phi) is 8.11. The molecule has 7 nitrogen and oxygen atoms in total. The third kappa shape index (κ3) is 6.45. The van der Waals surface area contributed by atoms with Crippen molar-refractivity contribution in [3.63, 3.8) is 0 Å². The van der Waals surface area contributed by atoms with Gasteiger partial charge in [-0.3, -0.25) is 0 Å². The quantitative estimate of drug-likeness (QED) is 0.403. The van der Waals surface area contributed by atoms with Crippen molar-refractivity contribution in [3.8, 4) is 5.75 Å². The first-order valence-electron chi connectivity index (χ1n) is 11.8. The highest BCUT2D eigenvalue weighted by molar-refractivity contribution is 5.72. The highest BCUT2D eigenvalue weighted by Gasteiger charge is 2.24. The number of aromatic nitrogens is 1. The van der Waals surface area contributed by atoms with Crippen molar-refractivity contribution in [2.24, 2.45) is 0 Å². The summed E-state index contributed by atoms with van der Waals surface area (Å²) < 4.78 is 25.2. The highest BCUT2D eigenvalue weighted by Crippen LogP contribution is 2.28. The van der Waals surface area contributed by atoms with Gasteiger partial charge in [0.1, 0.15) is 18.6 Å². The first kappa shape index (κ1) is 24.4. The van der Waals surface area contributed by atoms with Crippen molar-refractivity contribution in [3.05, 3.63) is 95.5 Å². The average molecular weight is 478 g/mol. The minimum absolute atomic E-state index is 0.317. The van der Waals surface area contributed by atoms with E-state index in [1.165, 1.54) is 0 Å². The van der Waals surface area contributed by atoms with Crippen molar-refractivity contribution < 1.29 is 28.8 Å². The summed E-state index contributed by atoms with van der Waals surface area (Å²) in [7, 11) is 0. The molecular weight excluding hydrogens is 446 g/mol. The molecular formula is C28H31NO6. The number of ether oxygens (including phenoxy) is 4.